The number of amides is 1. The summed E-state index contributed by atoms with van der Waals surface area (Å²) in [7, 11) is 0. The average molecular weight is 453 g/mol. The number of benzene rings is 1. The maximum absolute atomic E-state index is 14.4. The van der Waals surface area contributed by atoms with Gasteiger partial charge in [0.15, 0.2) is 5.78 Å². The first-order chi connectivity index (χ1) is 15.5. The lowest BCUT2D eigenvalue weighted by atomic mass is 9.62. The van der Waals surface area contributed by atoms with E-state index in [1.807, 2.05) is 32.0 Å². The molecule has 0 aromatic heterocycles. The zero-order chi connectivity index (χ0) is 24.1. The van der Waals surface area contributed by atoms with Gasteiger partial charge in [-0.25, -0.2) is 4.79 Å². The number of para-hydroxylation sites is 1. The second-order valence-electron chi connectivity index (χ2n) is 10.2. The molecule has 0 saturated heterocycles. The van der Waals surface area contributed by atoms with E-state index in [4.69, 9.17) is 15.2 Å². The lowest BCUT2D eigenvalue weighted by molar-refractivity contribution is -0.141. The largest absolute Gasteiger partial charge is 0.462 e. The van der Waals surface area contributed by atoms with E-state index in [1.54, 1.807) is 17.9 Å². The molecule has 7 nitrogen and oxygen atoms in total. The van der Waals surface area contributed by atoms with Crippen molar-refractivity contribution in [3.63, 3.8) is 0 Å². The van der Waals surface area contributed by atoms with Gasteiger partial charge in [-0.3, -0.25) is 9.59 Å². The molecule has 1 amide bonds. The molecule has 1 aromatic carbocycles. The predicted molar refractivity (Wildman–Crippen MR) is 124 cm³/mol. The van der Waals surface area contributed by atoms with E-state index in [9.17, 15) is 14.4 Å². The fourth-order valence-corrected chi connectivity index (χ4v) is 5.27. The summed E-state index contributed by atoms with van der Waals surface area (Å²) in [5.41, 5.74) is 5.71. The van der Waals surface area contributed by atoms with Crippen molar-refractivity contribution in [1.82, 2.24) is 0 Å². The molecule has 2 aliphatic heterocycles. The Hall–Kier alpha value is -3.09. The minimum Gasteiger partial charge on any atom is -0.462 e. The van der Waals surface area contributed by atoms with E-state index in [-0.39, 0.29) is 47.2 Å². The number of carbonyl (C=O) groups is 3. The van der Waals surface area contributed by atoms with Crippen LogP contribution in [0, 0.1) is 11.3 Å². The Balaban J connectivity index is 2.03. The van der Waals surface area contributed by atoms with Gasteiger partial charge in [-0.05, 0) is 30.7 Å². The molecule has 0 saturated carbocycles. The number of rotatable bonds is 5. The van der Waals surface area contributed by atoms with Gasteiger partial charge in [0.1, 0.15) is 16.7 Å². The third-order valence-electron chi connectivity index (χ3n) is 6.64. The number of nitrogens with zero attached hydrogens (tertiary/aromatic N) is 1. The first-order valence-corrected chi connectivity index (χ1v) is 11.6. The van der Waals surface area contributed by atoms with Crippen molar-refractivity contribution in [2.45, 2.75) is 59.3 Å². The Bertz CT molecular complexity index is 1100. The van der Waals surface area contributed by atoms with Crippen LogP contribution < -0.4 is 10.6 Å². The van der Waals surface area contributed by atoms with Crippen molar-refractivity contribution in [3.05, 3.63) is 52.6 Å². The predicted octanol–water partition coefficient (Wildman–Crippen LogP) is 3.72. The van der Waals surface area contributed by atoms with Crippen molar-refractivity contribution in [2.75, 3.05) is 18.1 Å². The zero-order valence-corrected chi connectivity index (χ0v) is 20.0. The SMILES string of the molecule is CCOC(=O)C1=C(N)OC2=C(C(=O)CC(C)(C)C2)[C@]12C(=O)N(CCC(C)C)c1ccccc12. The normalized spacial score (nSPS) is 23.8. The molecule has 1 aromatic rings. The number of fused-ring (bicyclic) bond motifs is 3. The summed E-state index contributed by atoms with van der Waals surface area (Å²) < 4.78 is 11.2. The van der Waals surface area contributed by atoms with E-state index in [0.717, 1.165) is 6.42 Å². The number of allylic oxidation sites excluding steroid dienone is 1. The lowest BCUT2D eigenvalue weighted by Gasteiger charge is -2.42. The quantitative estimate of drug-likeness (QED) is 0.684. The minimum atomic E-state index is -1.66. The topological polar surface area (TPSA) is 98.9 Å². The first-order valence-electron chi connectivity index (χ1n) is 11.6. The highest BCUT2D eigenvalue weighted by molar-refractivity contribution is 6.23. The van der Waals surface area contributed by atoms with Gasteiger partial charge in [0.05, 0.1) is 12.2 Å². The second kappa shape index (κ2) is 8.04. The Morgan fingerprint density at radius 2 is 1.91 bits per heavy atom. The fraction of sp³-hybridized carbons (Fsp3) is 0.500. The average Bonchev–Trinajstić information content (AvgIpc) is 2.94. The van der Waals surface area contributed by atoms with Crippen LogP contribution in [0.15, 0.2) is 47.1 Å². The Morgan fingerprint density at radius 1 is 1.21 bits per heavy atom. The van der Waals surface area contributed by atoms with E-state index in [2.05, 4.69) is 13.8 Å². The summed E-state index contributed by atoms with van der Waals surface area (Å²) in [6.07, 6.45) is 1.45. The lowest BCUT2D eigenvalue weighted by Crippen LogP contribution is -2.52. The number of nitrogens with two attached hydrogens (primary N) is 1. The van der Waals surface area contributed by atoms with Crippen LogP contribution in [0.5, 0.6) is 0 Å². The highest BCUT2D eigenvalue weighted by Crippen LogP contribution is 2.57. The molecule has 1 spiro atoms. The number of hydrogen-bond donors (Lipinski definition) is 1. The van der Waals surface area contributed by atoms with Crippen molar-refractivity contribution in [2.24, 2.45) is 17.1 Å². The number of Topliss-reactive ketones (excluding diaryl/α,β-unsaturated/α-hetero) is 1. The summed E-state index contributed by atoms with van der Waals surface area (Å²) in [5.74, 6) is -0.730. The molecule has 2 heterocycles. The third-order valence-corrected chi connectivity index (χ3v) is 6.64. The van der Waals surface area contributed by atoms with Gasteiger partial charge < -0.3 is 20.1 Å². The molecular weight excluding hydrogens is 420 g/mol. The molecule has 33 heavy (non-hydrogen) atoms. The van der Waals surface area contributed by atoms with Crippen LogP contribution in [0.1, 0.15) is 59.4 Å². The molecule has 3 aliphatic rings. The molecular formula is C26H32N2O5. The first kappa shape index (κ1) is 23.1. The Labute approximate surface area is 194 Å². The van der Waals surface area contributed by atoms with Gasteiger partial charge in [-0.2, -0.15) is 0 Å². The molecule has 176 valence electrons. The Morgan fingerprint density at radius 3 is 2.58 bits per heavy atom. The summed E-state index contributed by atoms with van der Waals surface area (Å²) >= 11 is 0. The van der Waals surface area contributed by atoms with Crippen molar-refractivity contribution in [3.8, 4) is 0 Å². The number of carbonyl (C=O) groups excluding carboxylic acids is 3. The van der Waals surface area contributed by atoms with Crippen molar-refractivity contribution < 1.29 is 23.9 Å². The maximum atomic E-state index is 14.4. The smallest absolute Gasteiger partial charge is 0.341 e. The number of ketones is 1. The monoisotopic (exact) mass is 452 g/mol. The zero-order valence-electron chi connectivity index (χ0n) is 20.0. The van der Waals surface area contributed by atoms with Crippen LogP contribution in [0.25, 0.3) is 0 Å². The highest BCUT2D eigenvalue weighted by atomic mass is 16.5. The van der Waals surface area contributed by atoms with E-state index < -0.39 is 11.4 Å². The third kappa shape index (κ3) is 3.45. The van der Waals surface area contributed by atoms with Crippen LogP contribution in [0.4, 0.5) is 5.69 Å². The van der Waals surface area contributed by atoms with Crippen LogP contribution in [0.3, 0.4) is 0 Å². The van der Waals surface area contributed by atoms with Gasteiger partial charge in [0.25, 0.3) is 0 Å². The van der Waals surface area contributed by atoms with Gasteiger partial charge in [0.2, 0.25) is 11.8 Å². The molecule has 0 fully saturated rings. The van der Waals surface area contributed by atoms with Crippen LogP contribution in [0.2, 0.25) is 0 Å². The molecule has 0 radical (unpaired) electrons. The molecule has 4 rings (SSSR count). The molecule has 1 aliphatic carbocycles. The molecule has 2 N–H and O–H groups in total. The Kier molecular flexibility index (Phi) is 5.63. The second-order valence-corrected chi connectivity index (χ2v) is 10.2. The summed E-state index contributed by atoms with van der Waals surface area (Å²) in [6, 6.07) is 7.32. The van der Waals surface area contributed by atoms with Gasteiger partial charge in [-0.15, -0.1) is 0 Å². The van der Waals surface area contributed by atoms with Crippen LogP contribution in [-0.2, 0) is 29.3 Å². The van der Waals surface area contributed by atoms with Crippen molar-refractivity contribution in [1.29, 1.82) is 0 Å². The molecule has 0 bridgehead atoms. The molecule has 7 heteroatoms. The summed E-state index contributed by atoms with van der Waals surface area (Å²) in [5, 5.41) is 0. The molecule has 1 atom stereocenters. The number of anilines is 1. The summed E-state index contributed by atoms with van der Waals surface area (Å²) in [4.78, 5) is 43.0. The fourth-order valence-electron chi connectivity index (χ4n) is 5.27. The van der Waals surface area contributed by atoms with E-state index >= 15 is 0 Å². The molecule has 0 unspecified atom stereocenters. The maximum Gasteiger partial charge on any atom is 0.341 e. The van der Waals surface area contributed by atoms with Gasteiger partial charge in [-0.1, -0.05) is 45.9 Å². The van der Waals surface area contributed by atoms with Crippen molar-refractivity contribution >= 4 is 23.3 Å². The van der Waals surface area contributed by atoms with Gasteiger partial charge in [0, 0.05) is 30.6 Å². The van der Waals surface area contributed by atoms with Gasteiger partial charge >= 0.3 is 5.97 Å². The minimum absolute atomic E-state index is 0.0966. The van der Waals surface area contributed by atoms with Crippen LogP contribution >= 0.6 is 0 Å². The number of esters is 1. The number of hydrogen-bond acceptors (Lipinski definition) is 6. The van der Waals surface area contributed by atoms with E-state index in [0.29, 0.717) is 35.9 Å². The summed E-state index contributed by atoms with van der Waals surface area (Å²) in [6.45, 7) is 10.4. The van der Waals surface area contributed by atoms with Crippen LogP contribution in [-0.4, -0.2) is 30.8 Å². The highest BCUT2D eigenvalue weighted by Gasteiger charge is 2.64. The number of ether oxygens (including phenoxy) is 2. The van der Waals surface area contributed by atoms with E-state index in [1.165, 1.54) is 0 Å². The standard InChI is InChI=1S/C26H32N2O5/c1-6-32-23(30)21-22(27)33-19-14-25(4,5)13-18(29)20(19)26(21)16-9-7-8-10-17(16)28(24(26)31)12-11-15(2)3/h7-10,15H,6,11-14,27H2,1-5H3/t26-/m0/s1.